The summed E-state index contributed by atoms with van der Waals surface area (Å²) in [5.41, 5.74) is 6.33. The molecule has 4 N–H and O–H groups in total. The molecular weight excluding hydrogens is 244 g/mol. The number of carbonyl (C=O) groups excluding carboxylic acids is 1. The Morgan fingerprint density at radius 2 is 2.16 bits per heavy atom. The molecule has 0 bridgehead atoms. The monoisotopic (exact) mass is 262 g/mol. The molecule has 1 aliphatic carbocycles. The Balaban J connectivity index is 2.18. The van der Waals surface area contributed by atoms with Crippen molar-refractivity contribution < 1.29 is 10.0 Å². The number of aromatic nitrogens is 1. The number of hydrogen-bond acceptors (Lipinski definition) is 4. The van der Waals surface area contributed by atoms with Crippen LogP contribution in [-0.4, -0.2) is 27.5 Å². The van der Waals surface area contributed by atoms with E-state index in [9.17, 15) is 4.79 Å². The number of rotatable bonds is 3. The van der Waals surface area contributed by atoms with Crippen molar-refractivity contribution in [2.75, 3.05) is 0 Å². The zero-order valence-electron chi connectivity index (χ0n) is 10.9. The fourth-order valence-corrected chi connectivity index (χ4v) is 2.41. The molecule has 0 radical (unpaired) electrons. The Bertz CT molecular complexity index is 490. The first-order chi connectivity index (χ1) is 9.07. The minimum atomic E-state index is -0.725. The molecule has 1 heterocycles. The summed E-state index contributed by atoms with van der Waals surface area (Å²) in [6.07, 6.45) is 4.80. The number of oxime groups is 1. The van der Waals surface area contributed by atoms with E-state index in [0.717, 1.165) is 18.5 Å². The molecule has 2 rings (SSSR count). The second-order valence-electron chi connectivity index (χ2n) is 4.92. The van der Waals surface area contributed by atoms with E-state index in [4.69, 9.17) is 10.9 Å². The molecule has 0 saturated heterocycles. The molecule has 0 spiro atoms. The number of amidine groups is 1. The first kappa shape index (κ1) is 13.3. The van der Waals surface area contributed by atoms with Crippen molar-refractivity contribution in [3.63, 3.8) is 0 Å². The molecule has 1 aliphatic rings. The molecule has 1 aromatic rings. The molecule has 1 fully saturated rings. The Labute approximate surface area is 111 Å². The third-order valence-electron chi connectivity index (χ3n) is 3.58. The third kappa shape index (κ3) is 2.67. The second kappa shape index (κ2) is 5.26. The van der Waals surface area contributed by atoms with E-state index in [1.54, 1.807) is 12.1 Å². The summed E-state index contributed by atoms with van der Waals surface area (Å²) in [6.45, 7) is 1.86. The van der Waals surface area contributed by atoms with E-state index < -0.39 is 5.54 Å². The van der Waals surface area contributed by atoms with Gasteiger partial charge in [-0.15, -0.1) is 0 Å². The van der Waals surface area contributed by atoms with Gasteiger partial charge in [0.25, 0.3) is 5.91 Å². The van der Waals surface area contributed by atoms with Crippen LogP contribution in [0.15, 0.2) is 23.5 Å². The smallest absolute Gasteiger partial charge is 0.253 e. The van der Waals surface area contributed by atoms with Gasteiger partial charge in [0.15, 0.2) is 5.84 Å². The Morgan fingerprint density at radius 3 is 2.68 bits per heavy atom. The third-order valence-corrected chi connectivity index (χ3v) is 3.58. The molecular formula is C13H18N4O2. The maximum atomic E-state index is 12.2. The SMILES string of the molecule is Cc1ccc(C(=O)NC2(/C(N)=N/O)CCCC2)cn1. The fourth-order valence-electron chi connectivity index (χ4n) is 2.41. The van der Waals surface area contributed by atoms with Crippen molar-refractivity contribution >= 4 is 11.7 Å². The Hall–Kier alpha value is -2.11. The molecule has 1 amide bonds. The van der Waals surface area contributed by atoms with Gasteiger partial charge in [0.2, 0.25) is 0 Å². The van der Waals surface area contributed by atoms with E-state index in [2.05, 4.69) is 15.5 Å². The quantitative estimate of drug-likeness (QED) is 0.329. The van der Waals surface area contributed by atoms with Crippen LogP contribution in [0.1, 0.15) is 41.7 Å². The van der Waals surface area contributed by atoms with E-state index in [1.807, 2.05) is 6.92 Å². The zero-order chi connectivity index (χ0) is 13.9. The largest absolute Gasteiger partial charge is 0.409 e. The van der Waals surface area contributed by atoms with Crippen molar-refractivity contribution in [1.29, 1.82) is 0 Å². The van der Waals surface area contributed by atoms with Crippen LogP contribution in [0.3, 0.4) is 0 Å². The highest BCUT2D eigenvalue weighted by atomic mass is 16.4. The maximum absolute atomic E-state index is 12.2. The molecule has 0 aliphatic heterocycles. The summed E-state index contributed by atoms with van der Waals surface area (Å²) in [5, 5.41) is 14.8. The molecule has 1 saturated carbocycles. The van der Waals surface area contributed by atoms with Gasteiger partial charge in [-0.05, 0) is 31.9 Å². The van der Waals surface area contributed by atoms with Crippen molar-refractivity contribution in [1.82, 2.24) is 10.3 Å². The molecule has 0 unspecified atom stereocenters. The summed E-state index contributed by atoms with van der Waals surface area (Å²) in [6, 6.07) is 3.49. The van der Waals surface area contributed by atoms with Gasteiger partial charge >= 0.3 is 0 Å². The number of nitrogens with one attached hydrogen (secondary N) is 1. The number of amides is 1. The first-order valence-electron chi connectivity index (χ1n) is 6.30. The number of nitrogens with zero attached hydrogens (tertiary/aromatic N) is 2. The van der Waals surface area contributed by atoms with E-state index in [1.165, 1.54) is 6.20 Å². The van der Waals surface area contributed by atoms with Crippen LogP contribution in [0.4, 0.5) is 0 Å². The van der Waals surface area contributed by atoms with Gasteiger partial charge in [-0.25, -0.2) is 0 Å². The first-order valence-corrected chi connectivity index (χ1v) is 6.30. The number of hydrogen-bond donors (Lipinski definition) is 3. The predicted molar refractivity (Wildman–Crippen MR) is 71.0 cm³/mol. The summed E-state index contributed by atoms with van der Waals surface area (Å²) in [7, 11) is 0. The number of carbonyl (C=O) groups is 1. The van der Waals surface area contributed by atoms with Gasteiger partial charge in [0, 0.05) is 11.9 Å². The van der Waals surface area contributed by atoms with Gasteiger partial charge in [0.1, 0.15) is 5.54 Å². The summed E-state index contributed by atoms with van der Waals surface area (Å²) >= 11 is 0. The van der Waals surface area contributed by atoms with E-state index >= 15 is 0 Å². The number of pyridine rings is 1. The molecule has 102 valence electrons. The van der Waals surface area contributed by atoms with Crippen LogP contribution >= 0.6 is 0 Å². The number of aryl methyl sites for hydroxylation is 1. The highest BCUT2D eigenvalue weighted by Crippen LogP contribution is 2.30. The predicted octanol–water partition coefficient (Wildman–Crippen LogP) is 1.18. The molecule has 6 heteroatoms. The Morgan fingerprint density at radius 1 is 1.47 bits per heavy atom. The topological polar surface area (TPSA) is 101 Å². The van der Waals surface area contributed by atoms with Crippen molar-refractivity contribution in [3.8, 4) is 0 Å². The lowest BCUT2D eigenvalue weighted by Crippen LogP contribution is -2.55. The van der Waals surface area contributed by atoms with Gasteiger partial charge in [-0.2, -0.15) is 0 Å². The molecule has 19 heavy (non-hydrogen) atoms. The minimum absolute atomic E-state index is 0.0680. The summed E-state index contributed by atoms with van der Waals surface area (Å²) in [4.78, 5) is 16.3. The zero-order valence-corrected chi connectivity index (χ0v) is 10.9. The highest BCUT2D eigenvalue weighted by Gasteiger charge is 2.39. The lowest BCUT2D eigenvalue weighted by Gasteiger charge is -2.28. The standard InChI is InChI=1S/C13H18N4O2/c1-9-4-5-10(8-15-9)11(18)16-13(12(14)17-19)6-2-3-7-13/h4-5,8,19H,2-3,6-7H2,1H3,(H2,14,17)(H,16,18). The molecule has 0 aromatic carbocycles. The normalized spacial score (nSPS) is 18.3. The van der Waals surface area contributed by atoms with E-state index in [0.29, 0.717) is 18.4 Å². The molecule has 0 atom stereocenters. The van der Waals surface area contributed by atoms with Crippen LogP contribution in [-0.2, 0) is 0 Å². The van der Waals surface area contributed by atoms with Crippen molar-refractivity contribution in [2.24, 2.45) is 10.9 Å². The van der Waals surface area contributed by atoms with Gasteiger partial charge in [-0.3, -0.25) is 9.78 Å². The number of nitrogens with two attached hydrogens (primary N) is 1. The van der Waals surface area contributed by atoms with Crippen molar-refractivity contribution in [2.45, 2.75) is 38.1 Å². The average molecular weight is 262 g/mol. The van der Waals surface area contributed by atoms with Crippen LogP contribution in [0.2, 0.25) is 0 Å². The lowest BCUT2D eigenvalue weighted by atomic mass is 9.95. The van der Waals surface area contributed by atoms with E-state index in [-0.39, 0.29) is 11.7 Å². The van der Waals surface area contributed by atoms with Crippen LogP contribution < -0.4 is 11.1 Å². The highest BCUT2D eigenvalue weighted by molar-refractivity contribution is 6.00. The minimum Gasteiger partial charge on any atom is -0.409 e. The molecule has 6 nitrogen and oxygen atoms in total. The molecule has 1 aromatic heterocycles. The van der Waals surface area contributed by atoms with Gasteiger partial charge < -0.3 is 16.3 Å². The Kier molecular flexibility index (Phi) is 3.69. The average Bonchev–Trinajstić information content (AvgIpc) is 2.88. The van der Waals surface area contributed by atoms with Gasteiger partial charge in [-0.1, -0.05) is 18.0 Å². The maximum Gasteiger partial charge on any atom is 0.253 e. The van der Waals surface area contributed by atoms with Gasteiger partial charge in [0.05, 0.1) is 5.56 Å². The second-order valence-corrected chi connectivity index (χ2v) is 4.92. The fraction of sp³-hybridized carbons (Fsp3) is 0.462. The summed E-state index contributed by atoms with van der Waals surface area (Å²) in [5.74, 6) is -0.181. The van der Waals surface area contributed by atoms with Crippen LogP contribution in [0.25, 0.3) is 0 Å². The summed E-state index contributed by atoms with van der Waals surface area (Å²) < 4.78 is 0. The van der Waals surface area contributed by atoms with Crippen LogP contribution in [0.5, 0.6) is 0 Å². The van der Waals surface area contributed by atoms with Crippen LogP contribution in [0, 0.1) is 6.92 Å². The van der Waals surface area contributed by atoms with Crippen molar-refractivity contribution in [3.05, 3.63) is 29.6 Å². The lowest BCUT2D eigenvalue weighted by molar-refractivity contribution is 0.0922.